The quantitative estimate of drug-likeness (QED) is 0.668. The molecular weight excluding hydrogens is 343 g/mol. The SMILES string of the molecule is Cc1ccc([N+](=O)[O-])cc1C(=O)Nc1ccc(Br)c(F)c1. The number of anilines is 1. The molecule has 0 spiro atoms. The second kappa shape index (κ2) is 6.01. The monoisotopic (exact) mass is 352 g/mol. The van der Waals surface area contributed by atoms with Gasteiger partial charge in [0, 0.05) is 23.4 Å². The van der Waals surface area contributed by atoms with Crippen LogP contribution in [0.3, 0.4) is 0 Å². The lowest BCUT2D eigenvalue weighted by molar-refractivity contribution is -0.384. The van der Waals surface area contributed by atoms with Crippen LogP contribution in [0.2, 0.25) is 0 Å². The average Bonchev–Trinajstić information content (AvgIpc) is 2.43. The smallest absolute Gasteiger partial charge is 0.270 e. The Morgan fingerprint density at radius 3 is 2.62 bits per heavy atom. The van der Waals surface area contributed by atoms with Gasteiger partial charge in [-0.05, 0) is 46.6 Å². The molecule has 0 heterocycles. The molecule has 0 aliphatic heterocycles. The van der Waals surface area contributed by atoms with Crippen molar-refractivity contribution < 1.29 is 14.1 Å². The average molecular weight is 353 g/mol. The fourth-order valence-electron chi connectivity index (χ4n) is 1.74. The van der Waals surface area contributed by atoms with E-state index < -0.39 is 16.6 Å². The van der Waals surface area contributed by atoms with Crippen molar-refractivity contribution in [3.63, 3.8) is 0 Å². The molecule has 21 heavy (non-hydrogen) atoms. The van der Waals surface area contributed by atoms with E-state index in [9.17, 15) is 19.3 Å². The van der Waals surface area contributed by atoms with Gasteiger partial charge in [0.05, 0.1) is 9.40 Å². The molecule has 5 nitrogen and oxygen atoms in total. The lowest BCUT2D eigenvalue weighted by Crippen LogP contribution is -2.13. The van der Waals surface area contributed by atoms with Crippen LogP contribution in [-0.2, 0) is 0 Å². The summed E-state index contributed by atoms with van der Waals surface area (Å²) in [6.45, 7) is 1.67. The lowest BCUT2D eigenvalue weighted by Gasteiger charge is -2.08. The van der Waals surface area contributed by atoms with E-state index in [1.807, 2.05) is 0 Å². The van der Waals surface area contributed by atoms with Crippen molar-refractivity contribution in [2.45, 2.75) is 6.92 Å². The van der Waals surface area contributed by atoms with Crippen LogP contribution >= 0.6 is 15.9 Å². The van der Waals surface area contributed by atoms with E-state index >= 15 is 0 Å². The Labute approximate surface area is 128 Å². The predicted octanol–water partition coefficient (Wildman–Crippen LogP) is 4.06. The van der Waals surface area contributed by atoms with Crippen LogP contribution in [0.5, 0.6) is 0 Å². The van der Waals surface area contributed by atoms with Crippen molar-refractivity contribution in [2.75, 3.05) is 5.32 Å². The summed E-state index contributed by atoms with van der Waals surface area (Å²) in [5, 5.41) is 13.3. The third kappa shape index (κ3) is 3.43. The normalized spacial score (nSPS) is 10.2. The van der Waals surface area contributed by atoms with E-state index in [1.165, 1.54) is 30.3 Å². The molecule has 0 bridgehead atoms. The number of benzene rings is 2. The van der Waals surface area contributed by atoms with Gasteiger partial charge in [-0.25, -0.2) is 4.39 Å². The Hall–Kier alpha value is -2.28. The summed E-state index contributed by atoms with van der Waals surface area (Å²) in [6.07, 6.45) is 0. The number of halogens is 2. The van der Waals surface area contributed by atoms with Crippen LogP contribution in [0, 0.1) is 22.9 Å². The number of aryl methyl sites for hydroxylation is 1. The molecule has 1 N–H and O–H groups in total. The zero-order valence-electron chi connectivity index (χ0n) is 10.9. The molecule has 0 atom stereocenters. The molecule has 0 unspecified atom stereocenters. The van der Waals surface area contributed by atoms with Crippen molar-refractivity contribution in [3.05, 3.63) is 67.9 Å². The number of hydrogen-bond acceptors (Lipinski definition) is 3. The van der Waals surface area contributed by atoms with Crippen LogP contribution in [-0.4, -0.2) is 10.8 Å². The topological polar surface area (TPSA) is 72.2 Å². The number of carbonyl (C=O) groups is 1. The zero-order valence-corrected chi connectivity index (χ0v) is 12.5. The highest BCUT2D eigenvalue weighted by molar-refractivity contribution is 9.10. The van der Waals surface area contributed by atoms with E-state index in [0.29, 0.717) is 5.56 Å². The van der Waals surface area contributed by atoms with Crippen LogP contribution in [0.25, 0.3) is 0 Å². The summed E-state index contributed by atoms with van der Waals surface area (Å²) >= 11 is 3.01. The van der Waals surface area contributed by atoms with Crippen molar-refractivity contribution in [2.24, 2.45) is 0 Å². The van der Waals surface area contributed by atoms with E-state index in [2.05, 4.69) is 21.2 Å². The number of rotatable bonds is 3. The van der Waals surface area contributed by atoms with Gasteiger partial charge in [-0.3, -0.25) is 14.9 Å². The summed E-state index contributed by atoms with van der Waals surface area (Å²) in [5.41, 5.74) is 0.863. The molecule has 0 aliphatic carbocycles. The first-order chi connectivity index (χ1) is 9.88. The Kier molecular flexibility index (Phi) is 4.32. The highest BCUT2D eigenvalue weighted by Gasteiger charge is 2.15. The van der Waals surface area contributed by atoms with Gasteiger partial charge in [0.2, 0.25) is 0 Å². The summed E-state index contributed by atoms with van der Waals surface area (Å²) in [7, 11) is 0. The molecule has 0 saturated carbocycles. The molecule has 0 radical (unpaired) electrons. The van der Waals surface area contributed by atoms with Crippen LogP contribution in [0.4, 0.5) is 15.8 Å². The van der Waals surface area contributed by atoms with E-state index in [0.717, 1.165) is 6.07 Å². The first-order valence-electron chi connectivity index (χ1n) is 5.90. The van der Waals surface area contributed by atoms with Gasteiger partial charge in [-0.2, -0.15) is 0 Å². The van der Waals surface area contributed by atoms with Crippen molar-refractivity contribution >= 4 is 33.2 Å². The van der Waals surface area contributed by atoms with Gasteiger partial charge >= 0.3 is 0 Å². The molecule has 0 aliphatic rings. The van der Waals surface area contributed by atoms with Crippen LogP contribution in [0.1, 0.15) is 15.9 Å². The summed E-state index contributed by atoms with van der Waals surface area (Å²) in [6, 6.07) is 8.16. The number of nitrogens with zero attached hydrogens (tertiary/aromatic N) is 1. The maximum atomic E-state index is 13.4. The van der Waals surface area contributed by atoms with Gasteiger partial charge in [0.25, 0.3) is 11.6 Å². The molecule has 1 amide bonds. The highest BCUT2D eigenvalue weighted by atomic mass is 79.9. The number of nitro benzene ring substituents is 1. The van der Waals surface area contributed by atoms with Gasteiger partial charge in [0.1, 0.15) is 5.82 Å². The molecule has 2 aromatic carbocycles. The van der Waals surface area contributed by atoms with Crippen molar-refractivity contribution in [3.8, 4) is 0 Å². The van der Waals surface area contributed by atoms with E-state index in [4.69, 9.17) is 0 Å². The first-order valence-corrected chi connectivity index (χ1v) is 6.69. The second-order valence-corrected chi connectivity index (χ2v) is 5.19. The number of nitrogens with one attached hydrogen (secondary N) is 1. The second-order valence-electron chi connectivity index (χ2n) is 4.34. The van der Waals surface area contributed by atoms with Gasteiger partial charge in [0.15, 0.2) is 0 Å². The first kappa shape index (κ1) is 15.1. The molecule has 2 rings (SSSR count). The minimum absolute atomic E-state index is 0.173. The number of nitro groups is 1. The summed E-state index contributed by atoms with van der Waals surface area (Å²) < 4.78 is 13.7. The minimum Gasteiger partial charge on any atom is -0.322 e. The summed E-state index contributed by atoms with van der Waals surface area (Å²) in [5.74, 6) is -1.04. The Bertz CT molecular complexity index is 734. The highest BCUT2D eigenvalue weighted by Crippen LogP contribution is 2.22. The maximum Gasteiger partial charge on any atom is 0.270 e. The van der Waals surface area contributed by atoms with Gasteiger partial charge in [-0.1, -0.05) is 6.07 Å². The number of hydrogen-bond donors (Lipinski definition) is 1. The molecule has 0 aromatic heterocycles. The molecule has 0 fully saturated rings. The van der Waals surface area contributed by atoms with Gasteiger partial charge < -0.3 is 5.32 Å². The Morgan fingerprint density at radius 2 is 2.00 bits per heavy atom. The van der Waals surface area contributed by atoms with Crippen LogP contribution in [0.15, 0.2) is 40.9 Å². The van der Waals surface area contributed by atoms with Crippen molar-refractivity contribution in [1.82, 2.24) is 0 Å². The van der Waals surface area contributed by atoms with Crippen LogP contribution < -0.4 is 5.32 Å². The van der Waals surface area contributed by atoms with E-state index in [1.54, 1.807) is 6.92 Å². The Balaban J connectivity index is 2.29. The third-order valence-electron chi connectivity index (χ3n) is 2.85. The number of amides is 1. The molecule has 7 heteroatoms. The van der Waals surface area contributed by atoms with Crippen molar-refractivity contribution in [1.29, 1.82) is 0 Å². The maximum absolute atomic E-state index is 13.4. The molecule has 0 saturated heterocycles. The molecule has 108 valence electrons. The summed E-state index contributed by atoms with van der Waals surface area (Å²) in [4.78, 5) is 22.3. The Morgan fingerprint density at radius 1 is 1.29 bits per heavy atom. The number of carbonyl (C=O) groups excluding carboxylic acids is 1. The molecular formula is C14H10BrFN2O3. The fraction of sp³-hybridized carbons (Fsp3) is 0.0714. The standard InChI is InChI=1S/C14H10BrFN2O3/c1-8-2-4-10(18(20)21)7-11(8)14(19)17-9-3-5-12(15)13(16)6-9/h2-7H,1H3,(H,17,19). The lowest BCUT2D eigenvalue weighted by atomic mass is 10.1. The minimum atomic E-state index is -0.574. The zero-order chi connectivity index (χ0) is 15.6. The van der Waals surface area contributed by atoms with Gasteiger partial charge in [-0.15, -0.1) is 0 Å². The molecule has 2 aromatic rings. The fourth-order valence-corrected chi connectivity index (χ4v) is 1.99. The van der Waals surface area contributed by atoms with E-state index in [-0.39, 0.29) is 21.4 Å². The third-order valence-corrected chi connectivity index (χ3v) is 3.50. The number of non-ortho nitro benzene ring substituents is 1. The largest absolute Gasteiger partial charge is 0.322 e. The predicted molar refractivity (Wildman–Crippen MR) is 79.9 cm³/mol.